The fourth-order valence-electron chi connectivity index (χ4n) is 9.55. The Kier molecular flexibility index (Phi) is 20.6. The lowest BCUT2D eigenvalue weighted by Crippen LogP contribution is -2.58. The highest BCUT2D eigenvalue weighted by atomic mass is 35.5. The molecule has 26 heteroatoms. The second-order valence-corrected chi connectivity index (χ2v) is 25.1. The highest BCUT2D eigenvalue weighted by Crippen LogP contribution is 2.40. The van der Waals surface area contributed by atoms with Crippen LogP contribution in [0, 0.1) is 33.1 Å². The van der Waals surface area contributed by atoms with Crippen LogP contribution in [0.25, 0.3) is 15.4 Å². The number of aryl methyl sites for hydroxylation is 3. The monoisotopic (exact) mass is 1200 g/mol. The van der Waals surface area contributed by atoms with E-state index >= 15 is 0 Å². The molecule has 0 aliphatic carbocycles. The van der Waals surface area contributed by atoms with Crippen molar-refractivity contribution < 1.29 is 43.5 Å². The number of primary amides is 1. The maximum atomic E-state index is 14.4. The zero-order valence-corrected chi connectivity index (χ0v) is 50.6. The fourth-order valence-corrected chi connectivity index (χ4v) is 12.6. The minimum absolute atomic E-state index is 0.0100. The number of benzene rings is 2. The molecule has 1 saturated heterocycles. The van der Waals surface area contributed by atoms with Gasteiger partial charge in [-0.3, -0.25) is 48.0 Å². The Bertz CT molecular complexity index is 3230. The Balaban J connectivity index is 0.923. The number of rotatable bonds is 23. The van der Waals surface area contributed by atoms with E-state index in [0.717, 1.165) is 60.2 Å². The number of β-amino-alcohol motifs (C(OH)–C–C–N with tert-alkyl or cyclic N) is 1. The Morgan fingerprint density at radius 1 is 0.939 bits per heavy atom. The molecule has 1 fully saturated rings. The molecule has 82 heavy (non-hydrogen) atoms. The lowest BCUT2D eigenvalue weighted by Gasteiger charge is -2.35. The SMILES string of the molecule is Cc1ncsc1-c1ccc([C@@H](NC(=O)[C@@H]2C[C@@H](O)CN2C(=O)[C@@H](NC(=O)CSC[C@@H](NC(=O)[C@@H](C)N(C)CCN(C)C(=O)C[C@@H]2N=C(c3ccc(Cl)cc3)c3c(sc(C)c3C)-n3c(C)nnc32)C(N)=O)C(C)(C)C)C(=O)NCC=O)cc1. The number of likely N-dealkylation sites (N-methyl/N-ethyl adjacent to an activating group) is 2. The van der Waals surface area contributed by atoms with Crippen molar-refractivity contribution >= 4 is 99.4 Å². The number of fused-ring (bicyclic) bond motifs is 3. The molecular weight excluding hydrogens is 1130 g/mol. The summed E-state index contributed by atoms with van der Waals surface area (Å²) in [5.74, 6) is -3.31. The minimum atomic E-state index is -1.27. The summed E-state index contributed by atoms with van der Waals surface area (Å²) in [5.41, 5.74) is 12.2. The maximum Gasteiger partial charge on any atom is 0.247 e. The number of thioether (sulfide) groups is 1. The van der Waals surface area contributed by atoms with Crippen molar-refractivity contribution in [1.82, 2.24) is 55.7 Å². The van der Waals surface area contributed by atoms with Gasteiger partial charge < -0.3 is 46.7 Å². The van der Waals surface area contributed by atoms with Crippen LogP contribution in [0.5, 0.6) is 0 Å². The molecule has 7 N–H and O–H groups in total. The summed E-state index contributed by atoms with van der Waals surface area (Å²) in [5, 5.41) is 31.9. The first-order valence-corrected chi connectivity index (χ1v) is 29.8. The molecule has 7 rings (SSSR count). The zero-order chi connectivity index (χ0) is 59.9. The first kappa shape index (κ1) is 62.7. The molecule has 7 amide bonds. The number of hydrogen-bond acceptors (Lipinski definition) is 17. The summed E-state index contributed by atoms with van der Waals surface area (Å²) in [4.78, 5) is 123. The number of aliphatic imine (C=N–C) groups is 1. The van der Waals surface area contributed by atoms with Crippen LogP contribution >= 0.6 is 46.0 Å². The van der Waals surface area contributed by atoms with E-state index in [0.29, 0.717) is 28.5 Å². The molecule has 0 radical (unpaired) electrons. The number of aliphatic hydroxyl groups excluding tert-OH is 1. The molecule has 22 nitrogen and oxygen atoms in total. The van der Waals surface area contributed by atoms with Crippen LogP contribution in [0.1, 0.15) is 97.1 Å². The first-order chi connectivity index (χ1) is 38.8. The number of thiazole rings is 1. The summed E-state index contributed by atoms with van der Waals surface area (Å²) in [6.45, 7) is 14.7. The third-order valence-electron chi connectivity index (χ3n) is 14.6. The molecule has 0 bridgehead atoms. The number of amides is 7. The number of carbonyl (C=O) groups is 8. The number of nitrogens with zero attached hydrogens (tertiary/aromatic N) is 8. The van der Waals surface area contributed by atoms with Gasteiger partial charge in [-0.1, -0.05) is 68.8 Å². The van der Waals surface area contributed by atoms with Gasteiger partial charge in [0.15, 0.2) is 5.82 Å². The van der Waals surface area contributed by atoms with Gasteiger partial charge >= 0.3 is 0 Å². The van der Waals surface area contributed by atoms with Gasteiger partial charge in [0.1, 0.15) is 47.3 Å². The molecular formula is C56H70ClN13O9S3. The van der Waals surface area contributed by atoms with E-state index in [9.17, 15) is 43.5 Å². The van der Waals surface area contributed by atoms with E-state index in [1.807, 2.05) is 30.5 Å². The lowest BCUT2D eigenvalue weighted by molar-refractivity contribution is -0.144. The van der Waals surface area contributed by atoms with Gasteiger partial charge in [-0.25, -0.2) is 4.98 Å². The van der Waals surface area contributed by atoms with E-state index in [1.54, 1.807) is 105 Å². The predicted octanol–water partition coefficient (Wildman–Crippen LogP) is 3.77. The van der Waals surface area contributed by atoms with Crippen LogP contribution in [0.4, 0.5) is 0 Å². The van der Waals surface area contributed by atoms with E-state index in [4.69, 9.17) is 22.3 Å². The molecule has 0 unspecified atom stereocenters. The molecule has 438 valence electrons. The number of nitrogens with two attached hydrogens (primary N) is 1. The van der Waals surface area contributed by atoms with E-state index in [-0.39, 0.29) is 56.4 Å². The minimum Gasteiger partial charge on any atom is -0.391 e. The molecule has 2 aromatic carbocycles. The first-order valence-electron chi connectivity index (χ1n) is 26.6. The Hall–Kier alpha value is -6.90. The summed E-state index contributed by atoms with van der Waals surface area (Å²) in [6, 6.07) is 8.04. The highest BCUT2D eigenvalue weighted by Gasteiger charge is 2.45. The molecule has 5 heterocycles. The summed E-state index contributed by atoms with van der Waals surface area (Å²) in [6.07, 6.45) is -0.750. The number of halogens is 1. The average molecular weight is 1200 g/mol. The molecule has 2 aliphatic heterocycles. The summed E-state index contributed by atoms with van der Waals surface area (Å²) in [7, 11) is 3.39. The summed E-state index contributed by atoms with van der Waals surface area (Å²) < 4.78 is 1.98. The zero-order valence-electron chi connectivity index (χ0n) is 47.4. The van der Waals surface area contributed by atoms with E-state index in [2.05, 4.69) is 50.3 Å². The van der Waals surface area contributed by atoms with Gasteiger partial charge in [0.2, 0.25) is 41.4 Å². The predicted molar refractivity (Wildman–Crippen MR) is 316 cm³/mol. The van der Waals surface area contributed by atoms with Gasteiger partial charge in [-0.15, -0.1) is 44.6 Å². The Morgan fingerprint density at radius 3 is 2.26 bits per heavy atom. The summed E-state index contributed by atoms with van der Waals surface area (Å²) >= 11 is 10.3. The number of hydrogen-bond donors (Lipinski definition) is 6. The third kappa shape index (κ3) is 14.6. The van der Waals surface area contributed by atoms with Crippen LogP contribution in [-0.4, -0.2) is 175 Å². The number of thiophene rings is 1. The number of carbonyl (C=O) groups excluding carboxylic acids is 8. The van der Waals surface area contributed by atoms with Gasteiger partial charge in [0.25, 0.3) is 0 Å². The van der Waals surface area contributed by atoms with Crippen molar-refractivity contribution in [2.75, 3.05) is 51.8 Å². The fraction of sp³-hybridized carbons (Fsp3) is 0.464. The van der Waals surface area contributed by atoms with Crippen molar-refractivity contribution in [3.63, 3.8) is 0 Å². The molecule has 5 aromatic rings. The van der Waals surface area contributed by atoms with Crippen molar-refractivity contribution in [1.29, 1.82) is 0 Å². The van der Waals surface area contributed by atoms with Crippen molar-refractivity contribution in [3.05, 3.63) is 104 Å². The van der Waals surface area contributed by atoms with E-state index in [1.165, 1.54) is 16.2 Å². The Labute approximate surface area is 493 Å². The van der Waals surface area contributed by atoms with Gasteiger partial charge in [-0.2, -0.15) is 0 Å². The van der Waals surface area contributed by atoms with E-state index < -0.39 is 83.2 Å². The average Bonchev–Trinajstić information content (AvgIpc) is 3.38. The quantitative estimate of drug-likeness (QED) is 0.0508. The van der Waals surface area contributed by atoms with Crippen molar-refractivity contribution in [3.8, 4) is 15.4 Å². The van der Waals surface area contributed by atoms with Crippen molar-refractivity contribution in [2.24, 2.45) is 16.1 Å². The van der Waals surface area contributed by atoms with Crippen LogP contribution in [-0.2, 0) is 38.4 Å². The van der Waals surface area contributed by atoms with Gasteiger partial charge in [0.05, 0.1) is 52.7 Å². The molecule has 3 aromatic heterocycles. The van der Waals surface area contributed by atoms with Crippen LogP contribution in [0.2, 0.25) is 5.02 Å². The standard InChI is InChI=1S/C56H70ClN13O9S3/c1-29-32(4)82-55-44(29)45(34-15-17-37(57)18-16-34)61-39(50-66-65-33(5)70(50)55)24-43(74)68(10)21-20-67(9)31(3)51(76)62-40(49(58)75)26-80-27-42(73)63-48(56(6,7)8)54(79)69-25-38(72)23-41(69)52(77)64-46(53(78)59-19-22-71)35-11-13-36(14-12-35)47-30(2)60-28-81-47/h11-18,22,28,31,38-41,46,48,72H,19-21,23-27H2,1-10H3,(H2,58,75)(H,59,78)(H,62,76)(H,63,73)(H,64,77)/t31-,38-,39+,40-,41+,46-,48-/m1/s1. The Morgan fingerprint density at radius 2 is 1.62 bits per heavy atom. The molecule has 0 spiro atoms. The van der Waals surface area contributed by atoms with Crippen LogP contribution < -0.4 is 27.0 Å². The number of aliphatic hydroxyl groups is 1. The molecule has 0 saturated carbocycles. The number of aromatic nitrogens is 4. The molecule has 7 atom stereocenters. The van der Waals surface area contributed by atoms with Gasteiger partial charge in [0, 0.05) is 59.9 Å². The number of aldehydes is 1. The second-order valence-electron chi connectivity index (χ2n) is 21.6. The maximum absolute atomic E-state index is 14.4. The van der Waals surface area contributed by atoms with Crippen LogP contribution in [0.3, 0.4) is 0 Å². The number of likely N-dealkylation sites (tertiary alicyclic amines) is 1. The largest absolute Gasteiger partial charge is 0.391 e. The molecule has 2 aliphatic rings. The highest BCUT2D eigenvalue weighted by molar-refractivity contribution is 8.00. The van der Waals surface area contributed by atoms with Gasteiger partial charge in [-0.05, 0) is 75.9 Å². The van der Waals surface area contributed by atoms with Crippen LogP contribution in [0.15, 0.2) is 59.0 Å². The van der Waals surface area contributed by atoms with Crippen molar-refractivity contribution in [2.45, 2.75) is 111 Å². The second kappa shape index (κ2) is 27.0. The smallest absolute Gasteiger partial charge is 0.247 e. The lowest BCUT2D eigenvalue weighted by atomic mass is 9.85. The third-order valence-corrected chi connectivity index (χ3v) is 18.1. The normalized spacial score (nSPS) is 17.3. The number of nitrogens with one attached hydrogen (secondary N) is 4. The topological polar surface area (TPSA) is 297 Å².